The van der Waals surface area contributed by atoms with Gasteiger partial charge in [0.25, 0.3) is 0 Å². The molecule has 1 saturated heterocycles. The number of rotatable bonds is 2. The summed E-state index contributed by atoms with van der Waals surface area (Å²) in [5.41, 5.74) is 3.31. The summed E-state index contributed by atoms with van der Waals surface area (Å²) < 4.78 is 0. The Labute approximate surface area is 81.2 Å². The molecule has 0 radical (unpaired) electrons. The molecule has 1 heteroatoms. The molecule has 2 aliphatic carbocycles. The van der Waals surface area contributed by atoms with Gasteiger partial charge in [0.05, 0.1) is 0 Å². The normalized spacial score (nSPS) is 32.7. The summed E-state index contributed by atoms with van der Waals surface area (Å²) >= 11 is 0. The van der Waals surface area contributed by atoms with E-state index in [2.05, 4.69) is 19.1 Å². The zero-order valence-electron chi connectivity index (χ0n) is 8.42. The Hall–Kier alpha value is -0.455. The lowest BCUT2D eigenvalue weighted by Gasteiger charge is -2.19. The van der Waals surface area contributed by atoms with Crippen LogP contribution in [-0.2, 0) is 0 Å². The van der Waals surface area contributed by atoms with E-state index < -0.39 is 0 Å². The van der Waals surface area contributed by atoms with Crippen molar-refractivity contribution in [2.75, 3.05) is 0 Å². The second kappa shape index (κ2) is 2.77. The Morgan fingerprint density at radius 1 is 1.31 bits per heavy atom. The monoisotopic (exact) mass is 172 g/mol. The van der Waals surface area contributed by atoms with Crippen molar-refractivity contribution in [1.82, 2.24) is 0 Å². The molecule has 2 fully saturated rings. The highest BCUT2D eigenvalue weighted by Gasteiger charge is 2.35. The van der Waals surface area contributed by atoms with Gasteiger partial charge in [-0.05, 0) is 38.0 Å². The molecule has 0 N–H and O–H groups in total. The fourth-order valence-electron chi connectivity index (χ4n) is 2.57. The molecule has 0 nitrogen and oxygen atoms in total. The first-order valence-corrected chi connectivity index (χ1v) is 5.72. The van der Waals surface area contributed by atoms with Crippen molar-refractivity contribution in [2.24, 2.45) is 11.8 Å². The minimum atomic E-state index is 0.917. The highest BCUT2D eigenvalue weighted by atomic mass is 14.4. The van der Waals surface area contributed by atoms with Crippen molar-refractivity contribution >= 4 is 6.71 Å². The molecule has 13 heavy (non-hydrogen) atoms. The number of hydrogen-bond donors (Lipinski definition) is 0. The third kappa shape index (κ3) is 1.61. The molecular weight excluding hydrogens is 155 g/mol. The third-order valence-corrected chi connectivity index (χ3v) is 3.65. The minimum Gasteiger partial charge on any atom is -0.0864 e. The molecule has 0 amide bonds. The second-order valence-electron chi connectivity index (χ2n) is 5.14. The van der Waals surface area contributed by atoms with Crippen LogP contribution in [0.5, 0.6) is 0 Å². The van der Waals surface area contributed by atoms with Crippen LogP contribution < -0.4 is 0 Å². The van der Waals surface area contributed by atoms with E-state index in [9.17, 15) is 0 Å². The molecule has 3 rings (SSSR count). The lowest BCUT2D eigenvalue weighted by atomic mass is 9.59. The van der Waals surface area contributed by atoms with E-state index >= 15 is 0 Å². The van der Waals surface area contributed by atoms with E-state index in [-0.39, 0.29) is 0 Å². The van der Waals surface area contributed by atoms with Crippen molar-refractivity contribution < 1.29 is 0 Å². The van der Waals surface area contributed by atoms with Gasteiger partial charge in [-0.15, -0.1) is 0 Å². The van der Waals surface area contributed by atoms with Gasteiger partial charge >= 0.3 is 0 Å². The van der Waals surface area contributed by atoms with E-state index in [0.29, 0.717) is 0 Å². The summed E-state index contributed by atoms with van der Waals surface area (Å²) in [4.78, 5) is 0. The van der Waals surface area contributed by atoms with Crippen LogP contribution in [0.15, 0.2) is 23.2 Å². The first-order chi connectivity index (χ1) is 6.33. The van der Waals surface area contributed by atoms with Crippen LogP contribution in [0, 0.1) is 11.8 Å². The molecule has 1 atom stereocenters. The van der Waals surface area contributed by atoms with E-state index in [1.165, 1.54) is 31.9 Å². The van der Waals surface area contributed by atoms with Gasteiger partial charge in [0, 0.05) is 0 Å². The molecule has 0 spiro atoms. The maximum absolute atomic E-state index is 2.60. The molecule has 3 aliphatic rings. The Bertz CT molecular complexity index is 279. The van der Waals surface area contributed by atoms with Crippen LogP contribution in [0.4, 0.5) is 0 Å². The number of allylic oxidation sites excluding steroid dienone is 4. The quantitative estimate of drug-likeness (QED) is 0.560. The molecule has 1 unspecified atom stereocenters. The van der Waals surface area contributed by atoms with Crippen molar-refractivity contribution in [3.8, 4) is 0 Å². The molecule has 0 aromatic rings. The summed E-state index contributed by atoms with van der Waals surface area (Å²) in [6, 6.07) is 0. The van der Waals surface area contributed by atoms with Gasteiger partial charge in [-0.3, -0.25) is 0 Å². The summed E-state index contributed by atoms with van der Waals surface area (Å²) in [6.45, 7) is 3.27. The van der Waals surface area contributed by atoms with Crippen LogP contribution in [0.25, 0.3) is 0 Å². The van der Waals surface area contributed by atoms with Gasteiger partial charge in [-0.1, -0.05) is 35.8 Å². The minimum absolute atomic E-state index is 0.917. The predicted octanol–water partition coefficient (Wildman–Crippen LogP) is 3.34. The van der Waals surface area contributed by atoms with E-state index in [1.54, 1.807) is 11.0 Å². The van der Waals surface area contributed by atoms with Crippen LogP contribution in [0.2, 0.25) is 12.6 Å². The summed E-state index contributed by atoms with van der Waals surface area (Å²) in [5.74, 6) is 1.97. The SMILES string of the molecule is CC1=CC(B2CC2)=CC(C2CC2)C1. The summed E-state index contributed by atoms with van der Waals surface area (Å²) in [6.07, 6.45) is 12.3. The average Bonchev–Trinajstić information content (AvgIpc) is 2.98. The second-order valence-corrected chi connectivity index (χ2v) is 5.14. The van der Waals surface area contributed by atoms with Crippen LogP contribution in [-0.4, -0.2) is 6.71 Å². The summed E-state index contributed by atoms with van der Waals surface area (Å²) in [5, 5.41) is 0. The van der Waals surface area contributed by atoms with Gasteiger partial charge in [0.15, 0.2) is 6.71 Å². The lowest BCUT2D eigenvalue weighted by molar-refractivity contribution is 0.556. The molecule has 1 heterocycles. The van der Waals surface area contributed by atoms with Gasteiger partial charge < -0.3 is 0 Å². The molecule has 0 aromatic carbocycles. The van der Waals surface area contributed by atoms with E-state index in [4.69, 9.17) is 0 Å². The molecular formula is C12H17B. The van der Waals surface area contributed by atoms with Gasteiger partial charge in [-0.25, -0.2) is 0 Å². The highest BCUT2D eigenvalue weighted by Crippen LogP contribution is 2.44. The van der Waals surface area contributed by atoms with E-state index in [0.717, 1.165) is 18.5 Å². The fourth-order valence-corrected chi connectivity index (χ4v) is 2.57. The van der Waals surface area contributed by atoms with Crippen LogP contribution in [0.1, 0.15) is 26.2 Å². The first-order valence-electron chi connectivity index (χ1n) is 5.72. The van der Waals surface area contributed by atoms with Gasteiger partial charge in [-0.2, -0.15) is 0 Å². The van der Waals surface area contributed by atoms with Crippen molar-refractivity contribution in [3.05, 3.63) is 23.2 Å². The largest absolute Gasteiger partial charge is 0.174 e. The average molecular weight is 172 g/mol. The third-order valence-electron chi connectivity index (χ3n) is 3.65. The van der Waals surface area contributed by atoms with Crippen molar-refractivity contribution in [2.45, 2.75) is 38.8 Å². The fraction of sp³-hybridized carbons (Fsp3) is 0.667. The maximum atomic E-state index is 2.60. The zero-order valence-corrected chi connectivity index (χ0v) is 8.42. The molecule has 0 aromatic heterocycles. The van der Waals surface area contributed by atoms with Gasteiger partial charge in [0.1, 0.15) is 0 Å². The lowest BCUT2D eigenvalue weighted by Crippen LogP contribution is -2.09. The first kappa shape index (κ1) is 7.90. The summed E-state index contributed by atoms with van der Waals surface area (Å²) in [7, 11) is 0. The standard InChI is InChI=1S/C12H17B/c1-9-6-11(10-2-3-10)8-12(7-9)13-4-5-13/h7-8,10-11H,2-6H2,1H3. The highest BCUT2D eigenvalue weighted by molar-refractivity contribution is 6.77. The number of hydrogen-bond acceptors (Lipinski definition) is 0. The maximum Gasteiger partial charge on any atom is 0.174 e. The Morgan fingerprint density at radius 3 is 2.69 bits per heavy atom. The topological polar surface area (TPSA) is 0 Å². The molecule has 68 valence electrons. The molecule has 1 saturated carbocycles. The van der Waals surface area contributed by atoms with Gasteiger partial charge in [0.2, 0.25) is 0 Å². The Morgan fingerprint density at radius 2 is 2.08 bits per heavy atom. The molecule has 0 bridgehead atoms. The Balaban J connectivity index is 1.81. The Kier molecular flexibility index (Phi) is 1.68. The molecule has 1 aliphatic heterocycles. The van der Waals surface area contributed by atoms with Crippen LogP contribution in [0.3, 0.4) is 0 Å². The van der Waals surface area contributed by atoms with Crippen molar-refractivity contribution in [1.29, 1.82) is 0 Å². The van der Waals surface area contributed by atoms with Crippen molar-refractivity contribution in [3.63, 3.8) is 0 Å². The zero-order chi connectivity index (χ0) is 8.84. The predicted molar refractivity (Wildman–Crippen MR) is 58.0 cm³/mol. The smallest absolute Gasteiger partial charge is 0.0864 e. The van der Waals surface area contributed by atoms with E-state index in [1.807, 2.05) is 0 Å². The van der Waals surface area contributed by atoms with Crippen LogP contribution >= 0.6 is 0 Å².